The number of aliphatic hydroxyl groups excluding tert-OH is 1. The Bertz CT molecular complexity index is 1130. The molecule has 2 N–H and O–H groups in total. The topological polar surface area (TPSA) is 92.9 Å². The molecule has 174 valence electrons. The molecule has 4 rings (SSSR count). The minimum Gasteiger partial charge on any atom is -0.393 e. The number of alkyl halides is 3. The van der Waals surface area contributed by atoms with Crippen LogP contribution in [0.3, 0.4) is 0 Å². The Morgan fingerprint density at radius 3 is 2.42 bits per heavy atom. The third-order valence-electron chi connectivity index (χ3n) is 6.25. The molecule has 0 spiro atoms. The Morgan fingerprint density at radius 2 is 1.85 bits per heavy atom. The lowest BCUT2D eigenvalue weighted by Gasteiger charge is -2.35. The van der Waals surface area contributed by atoms with Crippen LogP contribution in [-0.2, 0) is 11.6 Å². The Balaban J connectivity index is 1.47. The van der Waals surface area contributed by atoms with Crippen molar-refractivity contribution in [2.45, 2.75) is 57.2 Å². The lowest BCUT2D eigenvalue weighted by molar-refractivity contribution is -0.137. The van der Waals surface area contributed by atoms with Crippen LogP contribution in [0.5, 0.6) is 0 Å². The summed E-state index contributed by atoms with van der Waals surface area (Å²) < 4.78 is 39.6. The first-order chi connectivity index (χ1) is 15.6. The minimum atomic E-state index is -4.48. The van der Waals surface area contributed by atoms with E-state index in [2.05, 4.69) is 27.3 Å². The number of hydrogen-bond donors (Lipinski definition) is 2. The van der Waals surface area contributed by atoms with Crippen LogP contribution in [0.15, 0.2) is 42.9 Å². The molecule has 1 saturated carbocycles. The Hall–Kier alpha value is -3.27. The van der Waals surface area contributed by atoms with Crippen LogP contribution in [0.1, 0.15) is 59.9 Å². The smallest absolute Gasteiger partial charge is 0.393 e. The monoisotopic (exact) mass is 459 g/mol. The van der Waals surface area contributed by atoms with Crippen molar-refractivity contribution in [2.24, 2.45) is 0 Å². The van der Waals surface area contributed by atoms with Gasteiger partial charge >= 0.3 is 6.18 Å². The van der Waals surface area contributed by atoms with Crippen molar-refractivity contribution in [3.63, 3.8) is 0 Å². The molecule has 33 heavy (non-hydrogen) atoms. The second kappa shape index (κ2) is 8.58. The molecule has 10 heteroatoms. The van der Waals surface area contributed by atoms with Crippen molar-refractivity contribution >= 4 is 11.6 Å². The highest BCUT2D eigenvalue weighted by Gasteiger charge is 2.33. The Morgan fingerprint density at radius 1 is 1.12 bits per heavy atom. The van der Waals surface area contributed by atoms with Gasteiger partial charge in [-0.1, -0.05) is 6.92 Å². The SMILES string of the molecule is Cc1c(C(=O)Nc2ccc(C3(C)CCC(O)CC3)nc2)cnn1-c1ccc(C(F)(F)F)cn1. The van der Waals surface area contributed by atoms with Crippen molar-refractivity contribution in [1.29, 1.82) is 0 Å². The molecule has 1 aliphatic rings. The number of carbonyl (C=O) groups excluding carboxylic acids is 1. The molecule has 7 nitrogen and oxygen atoms in total. The number of hydrogen-bond acceptors (Lipinski definition) is 5. The first-order valence-corrected chi connectivity index (χ1v) is 10.6. The van der Waals surface area contributed by atoms with Crippen LogP contribution in [0.4, 0.5) is 18.9 Å². The highest BCUT2D eigenvalue weighted by atomic mass is 19.4. The van der Waals surface area contributed by atoms with Gasteiger partial charge in [0.15, 0.2) is 5.82 Å². The number of aliphatic hydroxyl groups is 1. The van der Waals surface area contributed by atoms with Crippen LogP contribution in [0, 0.1) is 6.92 Å². The van der Waals surface area contributed by atoms with Gasteiger partial charge in [-0.3, -0.25) is 9.78 Å². The molecule has 3 aromatic rings. The van der Waals surface area contributed by atoms with Crippen molar-refractivity contribution < 1.29 is 23.1 Å². The number of pyridine rings is 2. The van der Waals surface area contributed by atoms with E-state index in [1.54, 1.807) is 19.2 Å². The number of rotatable bonds is 4. The zero-order valence-corrected chi connectivity index (χ0v) is 18.2. The van der Waals surface area contributed by atoms with Gasteiger partial charge < -0.3 is 10.4 Å². The molecule has 0 radical (unpaired) electrons. The highest BCUT2D eigenvalue weighted by Crippen LogP contribution is 2.38. The fraction of sp³-hybridized carbons (Fsp3) is 0.391. The molecule has 1 aliphatic carbocycles. The predicted octanol–water partition coefficient (Wildman–Crippen LogP) is 4.43. The quantitative estimate of drug-likeness (QED) is 0.602. The van der Waals surface area contributed by atoms with Gasteiger partial charge in [0, 0.05) is 17.3 Å². The zero-order valence-electron chi connectivity index (χ0n) is 18.2. The summed E-state index contributed by atoms with van der Waals surface area (Å²) in [5.74, 6) is -0.233. The van der Waals surface area contributed by atoms with Crippen molar-refractivity contribution in [3.05, 3.63) is 65.4 Å². The van der Waals surface area contributed by atoms with E-state index in [1.807, 2.05) is 6.07 Å². The van der Waals surface area contributed by atoms with Gasteiger partial charge in [-0.25, -0.2) is 9.67 Å². The maximum atomic E-state index is 12.8. The van der Waals surface area contributed by atoms with Crippen LogP contribution >= 0.6 is 0 Å². The molecule has 0 saturated heterocycles. The van der Waals surface area contributed by atoms with E-state index >= 15 is 0 Å². The van der Waals surface area contributed by atoms with E-state index in [0.717, 1.165) is 43.6 Å². The van der Waals surface area contributed by atoms with Crippen LogP contribution in [0.2, 0.25) is 0 Å². The fourth-order valence-electron chi connectivity index (χ4n) is 4.06. The van der Waals surface area contributed by atoms with E-state index in [0.29, 0.717) is 11.4 Å². The predicted molar refractivity (Wildman–Crippen MR) is 115 cm³/mol. The largest absolute Gasteiger partial charge is 0.417 e. The Labute approximate surface area is 188 Å². The maximum Gasteiger partial charge on any atom is 0.417 e. The molecule has 0 aliphatic heterocycles. The van der Waals surface area contributed by atoms with Gasteiger partial charge in [-0.05, 0) is 56.9 Å². The highest BCUT2D eigenvalue weighted by molar-refractivity contribution is 6.04. The first-order valence-electron chi connectivity index (χ1n) is 10.6. The summed E-state index contributed by atoms with van der Waals surface area (Å²) >= 11 is 0. The molecule has 1 fully saturated rings. The molecule has 3 aromatic heterocycles. The average Bonchev–Trinajstić information content (AvgIpc) is 3.17. The van der Waals surface area contributed by atoms with Gasteiger partial charge in [-0.2, -0.15) is 18.3 Å². The van der Waals surface area contributed by atoms with Crippen molar-refractivity contribution in [1.82, 2.24) is 19.7 Å². The third kappa shape index (κ3) is 4.75. The summed E-state index contributed by atoms with van der Waals surface area (Å²) in [6, 6.07) is 5.80. The standard InChI is InChI=1S/C23H24F3N5O2/c1-14-18(13-29-31(14)20-6-3-15(11-28-20)23(24,25)26)21(33)30-16-4-5-19(27-12-16)22(2)9-7-17(32)8-10-22/h3-6,11-13,17,32H,7-10H2,1-2H3,(H,30,33). The second-order valence-corrected chi connectivity index (χ2v) is 8.64. The number of nitrogens with one attached hydrogen (secondary N) is 1. The summed E-state index contributed by atoms with van der Waals surface area (Å²) in [6.07, 6.45) is 2.14. The molecule has 0 unspecified atom stereocenters. The van der Waals surface area contributed by atoms with Gasteiger partial charge in [0.05, 0.1) is 41.0 Å². The van der Waals surface area contributed by atoms with E-state index in [9.17, 15) is 23.1 Å². The molecule has 1 amide bonds. The summed E-state index contributed by atoms with van der Waals surface area (Å²) in [5, 5.41) is 16.6. The fourth-order valence-corrected chi connectivity index (χ4v) is 4.06. The number of anilines is 1. The van der Waals surface area contributed by atoms with Gasteiger partial charge in [-0.15, -0.1) is 0 Å². The molecule has 0 aromatic carbocycles. The first kappa shape index (κ1) is 22.9. The second-order valence-electron chi connectivity index (χ2n) is 8.64. The van der Waals surface area contributed by atoms with Gasteiger partial charge in [0.25, 0.3) is 5.91 Å². The summed E-state index contributed by atoms with van der Waals surface area (Å²) in [6.45, 7) is 3.77. The third-order valence-corrected chi connectivity index (χ3v) is 6.25. The van der Waals surface area contributed by atoms with Gasteiger partial charge in [0.2, 0.25) is 0 Å². The molecular formula is C23H24F3N5O2. The normalized spacial score (nSPS) is 21.1. The number of nitrogens with zero attached hydrogens (tertiary/aromatic N) is 4. The van der Waals surface area contributed by atoms with E-state index < -0.39 is 17.6 Å². The van der Waals surface area contributed by atoms with E-state index in [-0.39, 0.29) is 22.9 Å². The summed E-state index contributed by atoms with van der Waals surface area (Å²) in [7, 11) is 0. The minimum absolute atomic E-state index is 0.103. The van der Waals surface area contributed by atoms with Crippen molar-refractivity contribution in [2.75, 3.05) is 5.32 Å². The number of halogens is 3. The molecule has 0 atom stereocenters. The summed E-state index contributed by atoms with van der Waals surface area (Å²) in [5.41, 5.74) is 1.19. The Kier molecular flexibility index (Phi) is 5.96. The lowest BCUT2D eigenvalue weighted by Crippen LogP contribution is -2.31. The van der Waals surface area contributed by atoms with E-state index in [1.165, 1.54) is 16.9 Å². The van der Waals surface area contributed by atoms with Crippen LogP contribution in [-0.4, -0.2) is 36.9 Å². The number of aromatic nitrogens is 4. The molecule has 0 bridgehead atoms. The van der Waals surface area contributed by atoms with Crippen LogP contribution < -0.4 is 5.32 Å². The number of carbonyl (C=O) groups is 1. The summed E-state index contributed by atoms with van der Waals surface area (Å²) in [4.78, 5) is 21.1. The molecule has 3 heterocycles. The van der Waals surface area contributed by atoms with Gasteiger partial charge in [0.1, 0.15) is 0 Å². The zero-order chi connectivity index (χ0) is 23.8. The van der Waals surface area contributed by atoms with Crippen molar-refractivity contribution in [3.8, 4) is 5.82 Å². The molecular weight excluding hydrogens is 435 g/mol. The number of amides is 1. The maximum absolute atomic E-state index is 12.8. The van der Waals surface area contributed by atoms with Crippen LogP contribution in [0.25, 0.3) is 5.82 Å². The van der Waals surface area contributed by atoms with E-state index in [4.69, 9.17) is 0 Å². The average molecular weight is 459 g/mol. The lowest BCUT2D eigenvalue weighted by atomic mass is 9.72.